The van der Waals surface area contributed by atoms with Crippen molar-refractivity contribution in [2.45, 2.75) is 91.0 Å². The number of nitrogens with one attached hydrogen (secondary N) is 1. The lowest BCUT2D eigenvalue weighted by Gasteiger charge is -2.23. The zero-order valence-corrected chi connectivity index (χ0v) is 30.7. The molecule has 0 aliphatic carbocycles. The van der Waals surface area contributed by atoms with Crippen molar-refractivity contribution in [3.8, 4) is 34.0 Å². The van der Waals surface area contributed by atoms with E-state index in [1.165, 1.54) is 32.6 Å². The third kappa shape index (κ3) is 11.2. The number of rotatable bonds is 18. The van der Waals surface area contributed by atoms with Gasteiger partial charge >= 0.3 is 5.97 Å². The van der Waals surface area contributed by atoms with Crippen molar-refractivity contribution in [2.24, 2.45) is 5.92 Å². The number of carbonyl (C=O) groups excluding carboxylic acids is 2. The first-order chi connectivity index (χ1) is 24.4. The van der Waals surface area contributed by atoms with E-state index in [2.05, 4.69) is 43.0 Å². The fourth-order valence-corrected chi connectivity index (χ4v) is 5.82. The molecule has 0 aliphatic heterocycles. The van der Waals surface area contributed by atoms with Crippen LogP contribution in [0.25, 0.3) is 22.5 Å². The summed E-state index contributed by atoms with van der Waals surface area (Å²) >= 11 is 0. The van der Waals surface area contributed by atoms with Crippen molar-refractivity contribution >= 4 is 17.7 Å². The number of ether oxygens (including phenoxy) is 2. The normalized spacial score (nSPS) is 12.5. The van der Waals surface area contributed by atoms with E-state index in [0.717, 1.165) is 46.6 Å². The maximum absolute atomic E-state index is 13.5. The number of hydrogen-bond acceptors (Lipinski definition) is 7. The predicted molar refractivity (Wildman–Crippen MR) is 200 cm³/mol. The second-order valence-electron chi connectivity index (χ2n) is 14.0. The molecule has 2 atom stereocenters. The highest BCUT2D eigenvalue weighted by Crippen LogP contribution is 2.33. The van der Waals surface area contributed by atoms with Crippen molar-refractivity contribution in [3.05, 3.63) is 95.8 Å². The average Bonchev–Trinajstić information content (AvgIpc) is 3.12. The van der Waals surface area contributed by atoms with E-state index in [9.17, 15) is 19.5 Å². The van der Waals surface area contributed by atoms with Crippen molar-refractivity contribution in [2.75, 3.05) is 13.7 Å². The number of amides is 1. The van der Waals surface area contributed by atoms with E-state index < -0.39 is 23.8 Å². The van der Waals surface area contributed by atoms with E-state index in [-0.39, 0.29) is 24.0 Å². The summed E-state index contributed by atoms with van der Waals surface area (Å²) in [5.41, 5.74) is 4.71. The molecule has 51 heavy (non-hydrogen) atoms. The molecule has 9 nitrogen and oxygen atoms in total. The van der Waals surface area contributed by atoms with Crippen molar-refractivity contribution < 1.29 is 29.0 Å². The molecule has 0 unspecified atom stereocenters. The topological polar surface area (TPSA) is 128 Å². The summed E-state index contributed by atoms with van der Waals surface area (Å²) in [6.45, 7) is 10.5. The second-order valence-corrected chi connectivity index (χ2v) is 14.0. The molecule has 0 fully saturated rings. The van der Waals surface area contributed by atoms with Gasteiger partial charge in [0.05, 0.1) is 13.7 Å². The number of benzene rings is 3. The van der Waals surface area contributed by atoms with Crippen molar-refractivity contribution in [3.63, 3.8) is 0 Å². The molecule has 0 spiro atoms. The quantitative estimate of drug-likeness (QED) is 0.0785. The van der Waals surface area contributed by atoms with E-state index in [1.807, 2.05) is 54.6 Å². The molecular formula is C42H51N3O6. The largest absolute Gasteiger partial charge is 0.496 e. The lowest BCUT2D eigenvalue weighted by Crippen LogP contribution is -2.42. The van der Waals surface area contributed by atoms with Gasteiger partial charge in [0.15, 0.2) is 11.6 Å². The number of Topliss-reactive ketones (excluding diaryl/α,β-unsaturated/α-hetero) is 1. The number of nitrogens with zero attached hydrogens (tertiary/aromatic N) is 2. The molecule has 0 saturated heterocycles. The van der Waals surface area contributed by atoms with Gasteiger partial charge in [-0.3, -0.25) is 14.4 Å². The van der Waals surface area contributed by atoms with E-state index in [4.69, 9.17) is 9.47 Å². The van der Waals surface area contributed by atoms with Crippen LogP contribution >= 0.6 is 0 Å². The second kappa shape index (κ2) is 18.3. The van der Waals surface area contributed by atoms with Crippen LogP contribution in [0.4, 0.5) is 0 Å². The predicted octanol–water partition coefficient (Wildman–Crippen LogP) is 8.49. The van der Waals surface area contributed by atoms with Gasteiger partial charge in [0.25, 0.3) is 0 Å². The summed E-state index contributed by atoms with van der Waals surface area (Å²) in [6, 6.07) is 19.7. The summed E-state index contributed by atoms with van der Waals surface area (Å²) in [4.78, 5) is 47.5. The van der Waals surface area contributed by atoms with Gasteiger partial charge in [-0.1, -0.05) is 102 Å². The van der Waals surface area contributed by atoms with E-state index in [0.29, 0.717) is 17.1 Å². The molecule has 2 N–H and O–H groups in total. The zero-order valence-electron chi connectivity index (χ0n) is 30.7. The standard InChI is InChI=1S/C42H51N3O6/c1-7-8-9-10-11-22-51-35-19-16-30(17-20-35)34-26-43-39(44-27-34)31-14-12-29(13-15-31)23-33(40(47)45-28(2)41(48)49)24-37(46)32-18-21-36(42(3,4)5)38(25-32)50-6/h12-21,25-28,33H,7-11,22-24H2,1-6H3,(H,45,47)(H,48,49)/t28-,33-/m1/s1. The summed E-state index contributed by atoms with van der Waals surface area (Å²) in [6.07, 6.45) is 9.71. The molecule has 270 valence electrons. The smallest absolute Gasteiger partial charge is 0.325 e. The number of carboxylic acids is 1. The number of ketones is 1. The maximum atomic E-state index is 13.5. The monoisotopic (exact) mass is 693 g/mol. The molecule has 0 saturated carbocycles. The van der Waals surface area contributed by atoms with Crippen LogP contribution < -0.4 is 14.8 Å². The SMILES string of the molecule is CCCCCCCOc1ccc(-c2cnc(-c3ccc(C[C@H](CC(=O)c4ccc(C(C)(C)C)c(OC)c4)C(=O)N[C@H](C)C(=O)O)cc3)nc2)cc1. The number of carbonyl (C=O) groups is 3. The number of aromatic nitrogens is 2. The molecule has 9 heteroatoms. The van der Waals surface area contributed by atoms with Gasteiger partial charge in [0, 0.05) is 41.4 Å². The molecule has 0 bridgehead atoms. The van der Waals surface area contributed by atoms with Gasteiger partial charge in [-0.2, -0.15) is 0 Å². The first-order valence-electron chi connectivity index (χ1n) is 17.8. The summed E-state index contributed by atoms with van der Waals surface area (Å²) in [7, 11) is 1.57. The highest BCUT2D eigenvalue weighted by Gasteiger charge is 2.27. The van der Waals surface area contributed by atoms with Crippen LogP contribution in [0.15, 0.2) is 79.1 Å². The molecule has 4 rings (SSSR count). The number of methoxy groups -OCH3 is 1. The molecule has 4 aromatic rings. The minimum absolute atomic E-state index is 0.103. The summed E-state index contributed by atoms with van der Waals surface area (Å²) < 4.78 is 11.5. The van der Waals surface area contributed by atoms with Gasteiger partial charge in [0.1, 0.15) is 17.5 Å². The number of unbranched alkanes of at least 4 members (excludes halogenated alkanes) is 4. The van der Waals surface area contributed by atoms with Crippen LogP contribution in [0, 0.1) is 5.92 Å². The van der Waals surface area contributed by atoms with E-state index >= 15 is 0 Å². The Balaban J connectivity index is 1.43. The molecule has 1 amide bonds. The highest BCUT2D eigenvalue weighted by atomic mass is 16.5. The number of carboxylic acid groups (broad SMARTS) is 1. The van der Waals surface area contributed by atoms with Crippen LogP contribution in [-0.4, -0.2) is 52.5 Å². The Morgan fingerprint density at radius 1 is 0.843 bits per heavy atom. The summed E-state index contributed by atoms with van der Waals surface area (Å²) in [5, 5.41) is 11.9. The number of aliphatic carboxylic acids is 1. The van der Waals surface area contributed by atoms with Crippen molar-refractivity contribution in [1.82, 2.24) is 15.3 Å². The lowest BCUT2D eigenvalue weighted by atomic mass is 9.84. The van der Waals surface area contributed by atoms with Gasteiger partial charge in [-0.15, -0.1) is 0 Å². The Bertz CT molecular complexity index is 1750. The Labute approximate surface area is 301 Å². The Morgan fingerprint density at radius 2 is 1.49 bits per heavy atom. The minimum Gasteiger partial charge on any atom is -0.496 e. The molecule has 1 heterocycles. The van der Waals surface area contributed by atoms with Gasteiger partial charge in [0.2, 0.25) is 5.91 Å². The van der Waals surface area contributed by atoms with Gasteiger partial charge in [-0.25, -0.2) is 9.97 Å². The number of hydrogen-bond donors (Lipinski definition) is 2. The Hall–Kier alpha value is -5.05. The highest BCUT2D eigenvalue weighted by molar-refractivity contribution is 5.99. The minimum atomic E-state index is -1.15. The van der Waals surface area contributed by atoms with Crippen LogP contribution in [0.1, 0.15) is 94.6 Å². The van der Waals surface area contributed by atoms with Crippen LogP contribution in [0.2, 0.25) is 0 Å². The van der Waals surface area contributed by atoms with Crippen LogP contribution in [0.3, 0.4) is 0 Å². The van der Waals surface area contributed by atoms with Crippen LogP contribution in [-0.2, 0) is 21.4 Å². The van der Waals surface area contributed by atoms with Crippen LogP contribution in [0.5, 0.6) is 11.5 Å². The third-order valence-corrected chi connectivity index (χ3v) is 8.91. The van der Waals surface area contributed by atoms with E-state index in [1.54, 1.807) is 31.6 Å². The van der Waals surface area contributed by atoms with Gasteiger partial charge in [-0.05, 0) is 60.1 Å². The molecule has 3 aromatic carbocycles. The average molecular weight is 694 g/mol. The fourth-order valence-electron chi connectivity index (χ4n) is 5.82. The molecular weight excluding hydrogens is 642 g/mol. The summed E-state index contributed by atoms with van der Waals surface area (Å²) in [5.74, 6) is -0.671. The lowest BCUT2D eigenvalue weighted by molar-refractivity contribution is -0.141. The van der Waals surface area contributed by atoms with Crippen molar-refractivity contribution in [1.29, 1.82) is 0 Å². The van der Waals surface area contributed by atoms with Gasteiger partial charge < -0.3 is 19.9 Å². The first-order valence-corrected chi connectivity index (χ1v) is 17.8. The Morgan fingerprint density at radius 3 is 2.10 bits per heavy atom. The molecule has 0 radical (unpaired) electrons. The molecule has 0 aliphatic rings. The third-order valence-electron chi connectivity index (χ3n) is 8.91. The maximum Gasteiger partial charge on any atom is 0.325 e. The fraction of sp³-hybridized carbons (Fsp3) is 0.405. The Kier molecular flexibility index (Phi) is 13.9. The first kappa shape index (κ1) is 38.7. The zero-order chi connectivity index (χ0) is 37.0. The molecule has 1 aromatic heterocycles.